The van der Waals surface area contributed by atoms with Crippen molar-refractivity contribution in [2.75, 3.05) is 24.9 Å². The van der Waals surface area contributed by atoms with E-state index in [0.29, 0.717) is 28.2 Å². The van der Waals surface area contributed by atoms with Gasteiger partial charge in [-0.25, -0.2) is 8.78 Å². The monoisotopic (exact) mass is 521 g/mol. The molecule has 0 bridgehead atoms. The number of nitrogens with one attached hydrogen (secondary N) is 2. The molecule has 0 saturated heterocycles. The Labute approximate surface area is 215 Å². The summed E-state index contributed by atoms with van der Waals surface area (Å²) in [6.07, 6.45) is 1.50. The van der Waals surface area contributed by atoms with E-state index in [1.807, 2.05) is 0 Å². The second-order valence-corrected chi connectivity index (χ2v) is 7.67. The van der Waals surface area contributed by atoms with Crippen LogP contribution in [-0.2, 0) is 9.59 Å². The third kappa shape index (κ3) is 5.59. The Morgan fingerprint density at radius 3 is 2.08 bits per heavy atom. The van der Waals surface area contributed by atoms with Crippen LogP contribution >= 0.6 is 0 Å². The zero-order valence-corrected chi connectivity index (χ0v) is 20.1. The highest BCUT2D eigenvalue weighted by Crippen LogP contribution is 2.37. The first-order valence-electron chi connectivity index (χ1n) is 11.0. The molecule has 0 aliphatic carbocycles. The molecule has 0 unspecified atom stereocenters. The average Bonchev–Trinajstić information content (AvgIpc) is 2.91. The third-order valence-electron chi connectivity index (χ3n) is 5.28. The molecule has 0 aliphatic heterocycles. The standard InChI is InChI=1S/C26H21F2N5O5/c1-36-22-12-17-19(13-23(22)37-2)30-10-9-20(17)38-21-8-7-16(11-18(21)28)32-26(35)24(33-29)25(34)31-15-5-3-14(27)4-6-15/h3-13H,29H2,1-2H3,(H,31,34)(H,32,35)/b33-24+. The van der Waals surface area contributed by atoms with Gasteiger partial charge in [-0.15, -0.1) is 0 Å². The number of nitrogens with zero attached hydrogens (tertiary/aromatic N) is 2. The van der Waals surface area contributed by atoms with Crippen molar-refractivity contribution in [2.45, 2.75) is 0 Å². The molecule has 0 spiro atoms. The summed E-state index contributed by atoms with van der Waals surface area (Å²) in [5.41, 5.74) is 0.0961. The maximum Gasteiger partial charge on any atom is 0.281 e. The molecule has 4 N–H and O–H groups in total. The predicted octanol–water partition coefficient (Wildman–Crippen LogP) is 4.21. The van der Waals surface area contributed by atoms with E-state index in [-0.39, 0.29) is 17.1 Å². The van der Waals surface area contributed by atoms with Crippen LogP contribution < -0.4 is 30.7 Å². The van der Waals surface area contributed by atoms with Gasteiger partial charge in [-0.05, 0) is 48.5 Å². The van der Waals surface area contributed by atoms with Gasteiger partial charge in [-0.1, -0.05) is 0 Å². The van der Waals surface area contributed by atoms with Crippen LogP contribution in [0.2, 0.25) is 0 Å². The van der Waals surface area contributed by atoms with Gasteiger partial charge in [-0.2, -0.15) is 5.10 Å². The number of nitrogens with two attached hydrogens (primary N) is 1. The quantitative estimate of drug-likeness (QED) is 0.137. The van der Waals surface area contributed by atoms with Crippen molar-refractivity contribution in [1.29, 1.82) is 0 Å². The van der Waals surface area contributed by atoms with Crippen LogP contribution in [0.4, 0.5) is 20.2 Å². The number of halogens is 2. The molecule has 0 fully saturated rings. The minimum absolute atomic E-state index is 0.0153. The fourth-order valence-corrected chi connectivity index (χ4v) is 3.45. The lowest BCUT2D eigenvalue weighted by Gasteiger charge is -2.13. The lowest BCUT2D eigenvalue weighted by Crippen LogP contribution is -2.35. The third-order valence-corrected chi connectivity index (χ3v) is 5.28. The van der Waals surface area contributed by atoms with Crippen molar-refractivity contribution in [2.24, 2.45) is 10.9 Å². The van der Waals surface area contributed by atoms with Crippen LogP contribution in [0.1, 0.15) is 0 Å². The van der Waals surface area contributed by atoms with Crippen molar-refractivity contribution < 1.29 is 32.6 Å². The number of pyridine rings is 1. The summed E-state index contributed by atoms with van der Waals surface area (Å²) in [6.45, 7) is 0. The maximum atomic E-state index is 14.9. The number of carbonyl (C=O) groups is 2. The topological polar surface area (TPSA) is 137 Å². The Hall–Kier alpha value is -5.26. The van der Waals surface area contributed by atoms with Gasteiger partial charge in [0.05, 0.1) is 19.7 Å². The van der Waals surface area contributed by atoms with E-state index in [0.717, 1.165) is 18.2 Å². The summed E-state index contributed by atoms with van der Waals surface area (Å²) in [6, 6.07) is 13.4. The van der Waals surface area contributed by atoms with Gasteiger partial charge in [0, 0.05) is 35.1 Å². The highest BCUT2D eigenvalue weighted by atomic mass is 19.1. The van der Waals surface area contributed by atoms with E-state index in [1.165, 1.54) is 44.7 Å². The summed E-state index contributed by atoms with van der Waals surface area (Å²) in [7, 11) is 2.99. The second kappa shape index (κ2) is 11.2. The van der Waals surface area contributed by atoms with E-state index >= 15 is 0 Å². The van der Waals surface area contributed by atoms with Crippen molar-refractivity contribution in [3.63, 3.8) is 0 Å². The molecular weight excluding hydrogens is 500 g/mol. The van der Waals surface area contributed by atoms with Gasteiger partial charge in [0.15, 0.2) is 23.1 Å². The first-order valence-corrected chi connectivity index (χ1v) is 11.0. The zero-order chi connectivity index (χ0) is 27.2. The molecule has 38 heavy (non-hydrogen) atoms. The molecule has 12 heteroatoms. The fourth-order valence-electron chi connectivity index (χ4n) is 3.45. The first-order chi connectivity index (χ1) is 18.3. The maximum absolute atomic E-state index is 14.9. The van der Waals surface area contributed by atoms with Gasteiger partial charge < -0.3 is 30.7 Å². The van der Waals surface area contributed by atoms with Crippen LogP contribution in [-0.4, -0.2) is 36.7 Å². The molecule has 0 aliphatic rings. The van der Waals surface area contributed by atoms with E-state index in [4.69, 9.17) is 20.1 Å². The highest BCUT2D eigenvalue weighted by molar-refractivity contribution is 6.69. The molecule has 4 aromatic rings. The average molecular weight is 521 g/mol. The second-order valence-electron chi connectivity index (χ2n) is 7.67. The van der Waals surface area contributed by atoms with Crippen LogP contribution in [0.3, 0.4) is 0 Å². The summed E-state index contributed by atoms with van der Waals surface area (Å²) in [5, 5.41) is 8.50. The number of rotatable bonds is 8. The predicted molar refractivity (Wildman–Crippen MR) is 137 cm³/mol. The molecule has 0 atom stereocenters. The number of anilines is 2. The Kier molecular flexibility index (Phi) is 7.61. The van der Waals surface area contributed by atoms with E-state index in [1.54, 1.807) is 18.2 Å². The van der Waals surface area contributed by atoms with E-state index < -0.39 is 29.2 Å². The van der Waals surface area contributed by atoms with Crippen LogP contribution in [0, 0.1) is 11.6 Å². The number of hydrogen-bond donors (Lipinski definition) is 3. The Morgan fingerprint density at radius 1 is 0.816 bits per heavy atom. The summed E-state index contributed by atoms with van der Waals surface area (Å²) >= 11 is 0. The number of hydrogen-bond acceptors (Lipinski definition) is 8. The number of fused-ring (bicyclic) bond motifs is 1. The van der Waals surface area contributed by atoms with Crippen LogP contribution in [0.15, 0.2) is 72.0 Å². The molecule has 1 heterocycles. The van der Waals surface area contributed by atoms with Gasteiger partial charge >= 0.3 is 0 Å². The lowest BCUT2D eigenvalue weighted by molar-refractivity contribution is -0.114. The number of aromatic nitrogens is 1. The Morgan fingerprint density at radius 2 is 1.45 bits per heavy atom. The SMILES string of the molecule is COc1cc2nccc(Oc3ccc(NC(=O)/C(=N/N)C(=O)Nc4ccc(F)cc4)cc3F)c2cc1OC. The number of hydrazone groups is 1. The summed E-state index contributed by atoms with van der Waals surface area (Å²) in [5.74, 6) is 3.09. The molecule has 3 aromatic carbocycles. The summed E-state index contributed by atoms with van der Waals surface area (Å²) < 4.78 is 44.4. The van der Waals surface area contributed by atoms with Crippen LogP contribution in [0.5, 0.6) is 23.0 Å². The van der Waals surface area contributed by atoms with Gasteiger partial charge in [-0.3, -0.25) is 14.6 Å². The molecule has 0 radical (unpaired) electrons. The molecule has 2 amide bonds. The molecule has 4 rings (SSSR count). The summed E-state index contributed by atoms with van der Waals surface area (Å²) in [4.78, 5) is 29.2. The first kappa shape index (κ1) is 25.8. The zero-order valence-electron chi connectivity index (χ0n) is 20.1. The van der Waals surface area contributed by atoms with Gasteiger partial charge in [0.1, 0.15) is 11.6 Å². The van der Waals surface area contributed by atoms with Gasteiger partial charge in [0.2, 0.25) is 5.71 Å². The Bertz CT molecular complexity index is 1540. The smallest absolute Gasteiger partial charge is 0.281 e. The number of methoxy groups -OCH3 is 2. The minimum atomic E-state index is -0.985. The van der Waals surface area contributed by atoms with Crippen molar-refractivity contribution in [3.8, 4) is 23.0 Å². The van der Waals surface area contributed by atoms with Crippen molar-refractivity contribution in [3.05, 3.63) is 78.5 Å². The highest BCUT2D eigenvalue weighted by Gasteiger charge is 2.22. The molecule has 0 saturated carbocycles. The van der Waals surface area contributed by atoms with E-state index in [2.05, 4.69) is 20.7 Å². The van der Waals surface area contributed by atoms with E-state index in [9.17, 15) is 18.4 Å². The number of ether oxygens (including phenoxy) is 3. The fraction of sp³-hybridized carbons (Fsp3) is 0.0769. The largest absolute Gasteiger partial charge is 0.493 e. The number of carbonyl (C=O) groups excluding carboxylic acids is 2. The molecular formula is C26H21F2N5O5. The number of benzene rings is 3. The van der Waals surface area contributed by atoms with Gasteiger partial charge in [0.25, 0.3) is 11.8 Å². The van der Waals surface area contributed by atoms with Crippen molar-refractivity contribution in [1.82, 2.24) is 4.98 Å². The molecule has 1 aromatic heterocycles. The molecule has 194 valence electrons. The van der Waals surface area contributed by atoms with Crippen molar-refractivity contribution >= 4 is 39.8 Å². The van der Waals surface area contributed by atoms with Crippen LogP contribution in [0.25, 0.3) is 10.9 Å². The lowest BCUT2D eigenvalue weighted by atomic mass is 10.1. The Balaban J connectivity index is 1.50. The number of amides is 2. The minimum Gasteiger partial charge on any atom is -0.493 e. The molecule has 10 nitrogen and oxygen atoms in total. The normalized spacial score (nSPS) is 11.1.